The summed E-state index contributed by atoms with van der Waals surface area (Å²) >= 11 is 1.39. The maximum Gasteiger partial charge on any atom is 0.243 e. The minimum absolute atomic E-state index is 0.181. The quantitative estimate of drug-likeness (QED) is 0.798. The number of hydrogen-bond donors (Lipinski definition) is 3. The van der Waals surface area contributed by atoms with Crippen molar-refractivity contribution in [2.24, 2.45) is 0 Å². The van der Waals surface area contributed by atoms with Gasteiger partial charge in [0, 0.05) is 24.0 Å². The zero-order chi connectivity index (χ0) is 15.5. The molecule has 1 aromatic carbocycles. The number of amides is 1. The third kappa shape index (κ3) is 3.68. The molecule has 116 valence electrons. The molecule has 1 aliphatic rings. The van der Waals surface area contributed by atoms with E-state index in [0.29, 0.717) is 24.5 Å². The van der Waals surface area contributed by atoms with Crippen molar-refractivity contribution >= 4 is 22.4 Å². The molecule has 0 saturated carbocycles. The van der Waals surface area contributed by atoms with Crippen molar-refractivity contribution in [1.82, 2.24) is 10.3 Å². The van der Waals surface area contributed by atoms with Gasteiger partial charge in [-0.25, -0.2) is 9.37 Å². The van der Waals surface area contributed by atoms with Crippen molar-refractivity contribution in [1.29, 1.82) is 0 Å². The topological polar surface area (TPSA) is 74.2 Å². The van der Waals surface area contributed by atoms with Crippen molar-refractivity contribution in [2.45, 2.75) is 25.0 Å². The molecule has 0 unspecified atom stereocenters. The fourth-order valence-corrected chi connectivity index (χ4v) is 3.21. The summed E-state index contributed by atoms with van der Waals surface area (Å²) in [5.74, 6) is -0.438. The Morgan fingerprint density at radius 2 is 2.23 bits per heavy atom. The van der Waals surface area contributed by atoms with E-state index >= 15 is 0 Å². The Morgan fingerprint density at radius 1 is 1.45 bits per heavy atom. The van der Waals surface area contributed by atoms with Crippen LogP contribution in [-0.2, 0) is 11.2 Å². The normalized spacial score (nSPS) is 21.0. The SMILES string of the molecule is O=C(Nc1ncc(Cc2ccc(F)cc2)s1)[C@H]1C[C@@H](O)CN1. The van der Waals surface area contributed by atoms with Gasteiger partial charge < -0.3 is 15.7 Å². The van der Waals surface area contributed by atoms with Gasteiger partial charge in [0.25, 0.3) is 0 Å². The van der Waals surface area contributed by atoms with E-state index in [9.17, 15) is 14.3 Å². The van der Waals surface area contributed by atoms with E-state index in [-0.39, 0.29) is 17.8 Å². The number of nitrogens with zero attached hydrogens (tertiary/aromatic N) is 1. The van der Waals surface area contributed by atoms with Crippen LogP contribution < -0.4 is 10.6 Å². The largest absolute Gasteiger partial charge is 0.392 e. The molecule has 1 amide bonds. The molecule has 0 spiro atoms. The highest BCUT2D eigenvalue weighted by Gasteiger charge is 2.28. The minimum atomic E-state index is -0.471. The number of halogens is 1. The average Bonchev–Trinajstić information content (AvgIpc) is 3.11. The number of β-amino-alcohol motifs (C(OH)–C–C–N with tert-alkyl or cyclic N) is 1. The molecule has 3 N–H and O–H groups in total. The Kier molecular flexibility index (Phi) is 4.47. The highest BCUT2D eigenvalue weighted by atomic mass is 32.1. The van der Waals surface area contributed by atoms with Crippen molar-refractivity contribution in [3.05, 3.63) is 46.7 Å². The number of carbonyl (C=O) groups excluding carboxylic acids is 1. The van der Waals surface area contributed by atoms with Crippen LogP contribution in [0.3, 0.4) is 0 Å². The van der Waals surface area contributed by atoms with Crippen LogP contribution in [-0.4, -0.2) is 34.7 Å². The van der Waals surface area contributed by atoms with E-state index < -0.39 is 6.10 Å². The highest BCUT2D eigenvalue weighted by molar-refractivity contribution is 7.15. The van der Waals surface area contributed by atoms with Crippen molar-refractivity contribution in [3.63, 3.8) is 0 Å². The van der Waals surface area contributed by atoms with E-state index in [2.05, 4.69) is 15.6 Å². The maximum absolute atomic E-state index is 12.9. The molecule has 22 heavy (non-hydrogen) atoms. The van der Waals surface area contributed by atoms with Gasteiger partial charge in [-0.05, 0) is 24.1 Å². The molecule has 0 aliphatic carbocycles. The third-order valence-electron chi connectivity index (χ3n) is 3.50. The summed E-state index contributed by atoms with van der Waals surface area (Å²) in [7, 11) is 0. The second-order valence-electron chi connectivity index (χ2n) is 5.27. The van der Waals surface area contributed by atoms with Gasteiger partial charge in [-0.2, -0.15) is 0 Å². The van der Waals surface area contributed by atoms with Crippen LogP contribution in [0.1, 0.15) is 16.9 Å². The van der Waals surface area contributed by atoms with Gasteiger partial charge in [0.1, 0.15) is 5.82 Å². The Balaban J connectivity index is 1.59. The number of aliphatic hydroxyl groups is 1. The molecule has 1 aliphatic heterocycles. The fourth-order valence-electron chi connectivity index (χ4n) is 2.36. The first kappa shape index (κ1) is 15.1. The van der Waals surface area contributed by atoms with E-state index in [1.165, 1.54) is 23.5 Å². The molecule has 2 heterocycles. The van der Waals surface area contributed by atoms with Crippen LogP contribution in [0.5, 0.6) is 0 Å². The number of aromatic nitrogens is 1. The monoisotopic (exact) mass is 321 g/mol. The number of aliphatic hydroxyl groups excluding tert-OH is 1. The molecular formula is C15H16FN3O2S. The number of hydrogen-bond acceptors (Lipinski definition) is 5. The molecule has 2 aromatic rings. The fraction of sp³-hybridized carbons (Fsp3) is 0.333. The molecule has 5 nitrogen and oxygen atoms in total. The first-order valence-electron chi connectivity index (χ1n) is 7.01. The summed E-state index contributed by atoms with van der Waals surface area (Å²) < 4.78 is 12.9. The van der Waals surface area contributed by atoms with Crippen molar-refractivity contribution in [3.8, 4) is 0 Å². The zero-order valence-corrected chi connectivity index (χ0v) is 12.6. The number of carbonyl (C=O) groups is 1. The molecule has 0 radical (unpaired) electrons. The smallest absolute Gasteiger partial charge is 0.243 e. The predicted molar refractivity (Wildman–Crippen MR) is 82.4 cm³/mol. The highest BCUT2D eigenvalue weighted by Crippen LogP contribution is 2.22. The second kappa shape index (κ2) is 6.51. The lowest BCUT2D eigenvalue weighted by Gasteiger charge is -2.08. The van der Waals surface area contributed by atoms with Gasteiger partial charge in [0.15, 0.2) is 5.13 Å². The Morgan fingerprint density at radius 3 is 2.91 bits per heavy atom. The molecule has 7 heteroatoms. The molecule has 0 bridgehead atoms. The van der Waals surface area contributed by atoms with Gasteiger partial charge in [-0.3, -0.25) is 4.79 Å². The molecule has 1 fully saturated rings. The Labute approximate surface area is 131 Å². The van der Waals surface area contributed by atoms with E-state index in [4.69, 9.17) is 0 Å². The first-order valence-corrected chi connectivity index (χ1v) is 7.83. The number of benzene rings is 1. The van der Waals surface area contributed by atoms with Crippen LogP contribution in [0.4, 0.5) is 9.52 Å². The summed E-state index contributed by atoms with van der Waals surface area (Å²) in [5, 5.41) is 15.7. The van der Waals surface area contributed by atoms with Crippen molar-refractivity contribution in [2.75, 3.05) is 11.9 Å². The third-order valence-corrected chi connectivity index (χ3v) is 4.41. The summed E-state index contributed by atoms with van der Waals surface area (Å²) in [6.45, 7) is 0.436. The van der Waals surface area contributed by atoms with Gasteiger partial charge in [0.05, 0.1) is 12.1 Å². The van der Waals surface area contributed by atoms with Gasteiger partial charge in [-0.15, -0.1) is 11.3 Å². The summed E-state index contributed by atoms with van der Waals surface area (Å²) in [6.07, 6.45) is 2.30. The molecule has 1 aromatic heterocycles. The lowest BCUT2D eigenvalue weighted by molar-refractivity contribution is -0.117. The number of thiazole rings is 1. The van der Waals surface area contributed by atoms with E-state index in [1.54, 1.807) is 18.3 Å². The van der Waals surface area contributed by atoms with Crippen LogP contribution in [0.2, 0.25) is 0 Å². The number of rotatable bonds is 4. The number of anilines is 1. The molecule has 3 rings (SSSR count). The molecule has 2 atom stereocenters. The van der Waals surface area contributed by atoms with Gasteiger partial charge in [0.2, 0.25) is 5.91 Å². The molecular weight excluding hydrogens is 305 g/mol. The lowest BCUT2D eigenvalue weighted by Crippen LogP contribution is -2.35. The van der Waals surface area contributed by atoms with E-state index in [0.717, 1.165) is 10.4 Å². The Bertz CT molecular complexity index is 659. The second-order valence-corrected chi connectivity index (χ2v) is 6.39. The molecule has 1 saturated heterocycles. The van der Waals surface area contributed by atoms with Gasteiger partial charge >= 0.3 is 0 Å². The average molecular weight is 321 g/mol. The first-order chi connectivity index (χ1) is 10.6. The predicted octanol–water partition coefficient (Wildman–Crippen LogP) is 1.53. The summed E-state index contributed by atoms with van der Waals surface area (Å²) in [4.78, 5) is 17.2. The van der Waals surface area contributed by atoms with Crippen LogP contribution >= 0.6 is 11.3 Å². The standard InChI is InChI=1S/C15H16FN3O2S/c16-10-3-1-9(2-4-10)5-12-8-18-15(22-12)19-14(21)13-6-11(20)7-17-13/h1-4,8,11,13,17,20H,5-7H2,(H,18,19,21)/t11-,13-/m1/s1. The summed E-state index contributed by atoms with van der Waals surface area (Å²) in [5.41, 5.74) is 0.989. The van der Waals surface area contributed by atoms with Crippen LogP contribution in [0.25, 0.3) is 0 Å². The minimum Gasteiger partial charge on any atom is -0.392 e. The number of nitrogens with one attached hydrogen (secondary N) is 2. The summed E-state index contributed by atoms with van der Waals surface area (Å²) in [6, 6.07) is 5.94. The van der Waals surface area contributed by atoms with E-state index in [1.807, 2.05) is 0 Å². The Hall–Kier alpha value is -1.83. The van der Waals surface area contributed by atoms with Crippen molar-refractivity contribution < 1.29 is 14.3 Å². The zero-order valence-electron chi connectivity index (χ0n) is 11.8. The van der Waals surface area contributed by atoms with Gasteiger partial charge in [-0.1, -0.05) is 12.1 Å². The van der Waals surface area contributed by atoms with Crippen LogP contribution in [0.15, 0.2) is 30.5 Å². The maximum atomic E-state index is 12.9. The van der Waals surface area contributed by atoms with Crippen LogP contribution in [0, 0.1) is 5.82 Å². The lowest BCUT2D eigenvalue weighted by atomic mass is 10.1.